The summed E-state index contributed by atoms with van der Waals surface area (Å²) in [6, 6.07) is 12.5. The van der Waals surface area contributed by atoms with E-state index in [0.717, 1.165) is 25.2 Å². The molecule has 0 aliphatic carbocycles. The summed E-state index contributed by atoms with van der Waals surface area (Å²) in [4.78, 5) is 14.8. The lowest BCUT2D eigenvalue weighted by molar-refractivity contribution is -0.120. The summed E-state index contributed by atoms with van der Waals surface area (Å²) in [6.07, 6.45) is 5.11. The van der Waals surface area contributed by atoms with Crippen molar-refractivity contribution in [1.82, 2.24) is 20.0 Å². The van der Waals surface area contributed by atoms with Crippen molar-refractivity contribution in [2.24, 2.45) is 5.92 Å². The first-order valence-electron chi connectivity index (χ1n) is 9.23. The number of amides is 1. The van der Waals surface area contributed by atoms with Gasteiger partial charge in [-0.15, -0.1) is 10.2 Å². The number of nitriles is 1. The van der Waals surface area contributed by atoms with Crippen LogP contribution in [0.15, 0.2) is 48.8 Å². The van der Waals surface area contributed by atoms with Crippen molar-refractivity contribution in [3.63, 3.8) is 0 Å². The molecule has 29 heavy (non-hydrogen) atoms. The van der Waals surface area contributed by atoms with Gasteiger partial charge in [0.05, 0.1) is 17.2 Å². The van der Waals surface area contributed by atoms with Gasteiger partial charge in [-0.2, -0.15) is 10.4 Å². The second-order valence-corrected chi connectivity index (χ2v) is 7.21. The minimum atomic E-state index is -0.220. The topological polar surface area (TPSA) is 99.7 Å². The molecule has 1 aromatic carbocycles. The first-order chi connectivity index (χ1) is 14.1. The molecule has 3 aromatic rings. The number of nitrogens with one attached hydrogen (secondary N) is 1. The van der Waals surface area contributed by atoms with E-state index < -0.39 is 0 Å². The molecular weight excluding hydrogens is 390 g/mol. The quantitative estimate of drug-likeness (QED) is 0.713. The number of aromatic nitrogens is 4. The summed E-state index contributed by atoms with van der Waals surface area (Å²) < 4.78 is 1.64. The van der Waals surface area contributed by atoms with Crippen molar-refractivity contribution >= 4 is 29.0 Å². The Labute approximate surface area is 172 Å². The van der Waals surface area contributed by atoms with Crippen LogP contribution < -0.4 is 10.2 Å². The molecule has 0 saturated carbocycles. The van der Waals surface area contributed by atoms with Crippen LogP contribution in [0.2, 0.25) is 5.02 Å². The molecular formula is C20H18ClN7O. The van der Waals surface area contributed by atoms with Gasteiger partial charge < -0.3 is 10.2 Å². The Morgan fingerprint density at radius 2 is 2.07 bits per heavy atom. The minimum absolute atomic E-state index is 0.130. The van der Waals surface area contributed by atoms with Gasteiger partial charge >= 0.3 is 0 Å². The molecule has 0 radical (unpaired) electrons. The lowest BCUT2D eigenvalue weighted by Gasteiger charge is -2.32. The zero-order valence-corrected chi connectivity index (χ0v) is 16.3. The highest BCUT2D eigenvalue weighted by molar-refractivity contribution is 6.31. The van der Waals surface area contributed by atoms with Gasteiger partial charge in [0.15, 0.2) is 11.6 Å². The predicted octanol–water partition coefficient (Wildman–Crippen LogP) is 3.04. The fraction of sp³-hybridized carbons (Fsp3) is 0.250. The summed E-state index contributed by atoms with van der Waals surface area (Å²) in [5.41, 5.74) is 0.820. The zero-order chi connectivity index (χ0) is 20.2. The van der Waals surface area contributed by atoms with E-state index in [4.69, 9.17) is 11.6 Å². The molecule has 146 valence electrons. The summed E-state index contributed by atoms with van der Waals surface area (Å²) >= 11 is 6.01. The first-order valence-corrected chi connectivity index (χ1v) is 9.61. The van der Waals surface area contributed by atoms with Crippen LogP contribution in [-0.4, -0.2) is 39.0 Å². The minimum Gasteiger partial charge on any atom is -0.354 e. The molecule has 1 saturated heterocycles. The molecule has 1 amide bonds. The van der Waals surface area contributed by atoms with Crippen LogP contribution in [0, 0.1) is 17.2 Å². The number of carbonyl (C=O) groups is 1. The number of piperidine rings is 1. The van der Waals surface area contributed by atoms with E-state index in [9.17, 15) is 10.1 Å². The highest BCUT2D eigenvalue weighted by atomic mass is 35.5. The number of rotatable bonds is 4. The SMILES string of the molecule is N#Cc1ccc(Cl)cc1NC(=O)C1CCCN(c2ccc(-n3cccn3)nn2)C1. The van der Waals surface area contributed by atoms with Gasteiger partial charge in [0.1, 0.15) is 6.07 Å². The van der Waals surface area contributed by atoms with E-state index in [2.05, 4.69) is 31.6 Å². The number of hydrogen-bond acceptors (Lipinski definition) is 6. The molecule has 4 rings (SSSR count). The first kappa shape index (κ1) is 18.9. The highest BCUT2D eigenvalue weighted by Gasteiger charge is 2.27. The van der Waals surface area contributed by atoms with E-state index in [1.54, 1.807) is 35.3 Å². The van der Waals surface area contributed by atoms with Crippen LogP contribution in [0.5, 0.6) is 0 Å². The van der Waals surface area contributed by atoms with E-state index >= 15 is 0 Å². The summed E-state index contributed by atoms with van der Waals surface area (Å²) in [5, 5.41) is 25.2. The van der Waals surface area contributed by atoms with E-state index in [1.165, 1.54) is 0 Å². The summed E-state index contributed by atoms with van der Waals surface area (Å²) in [6.45, 7) is 1.34. The molecule has 1 N–H and O–H groups in total. The van der Waals surface area contributed by atoms with Crippen molar-refractivity contribution in [1.29, 1.82) is 5.26 Å². The number of benzene rings is 1. The molecule has 0 spiro atoms. The van der Waals surface area contributed by atoms with Crippen molar-refractivity contribution < 1.29 is 4.79 Å². The van der Waals surface area contributed by atoms with E-state index in [1.807, 2.05) is 18.2 Å². The molecule has 1 fully saturated rings. The number of carbonyl (C=O) groups excluding carboxylic acids is 1. The lowest BCUT2D eigenvalue weighted by atomic mass is 9.97. The third-order valence-corrected chi connectivity index (χ3v) is 5.09. The van der Waals surface area contributed by atoms with Crippen LogP contribution in [0.4, 0.5) is 11.5 Å². The number of hydrogen-bond donors (Lipinski definition) is 1. The van der Waals surface area contributed by atoms with E-state index in [-0.39, 0.29) is 11.8 Å². The highest BCUT2D eigenvalue weighted by Crippen LogP contribution is 2.25. The van der Waals surface area contributed by atoms with Gasteiger partial charge in [-0.1, -0.05) is 11.6 Å². The molecule has 1 aliphatic rings. The van der Waals surface area contributed by atoms with Gasteiger partial charge in [0, 0.05) is 30.5 Å². The number of halogens is 1. The third-order valence-electron chi connectivity index (χ3n) is 4.85. The molecule has 1 aliphatic heterocycles. The van der Waals surface area contributed by atoms with Crippen LogP contribution in [0.1, 0.15) is 18.4 Å². The fourth-order valence-corrected chi connectivity index (χ4v) is 3.54. The molecule has 2 aromatic heterocycles. The van der Waals surface area contributed by atoms with Crippen molar-refractivity contribution in [2.75, 3.05) is 23.3 Å². The van der Waals surface area contributed by atoms with Crippen LogP contribution in [-0.2, 0) is 4.79 Å². The predicted molar refractivity (Wildman–Crippen MR) is 109 cm³/mol. The Kier molecular flexibility index (Phi) is 5.40. The fourth-order valence-electron chi connectivity index (χ4n) is 3.36. The molecule has 8 nitrogen and oxygen atoms in total. The summed E-state index contributed by atoms with van der Waals surface area (Å²) in [7, 11) is 0. The summed E-state index contributed by atoms with van der Waals surface area (Å²) in [5.74, 6) is 1.00. The zero-order valence-electron chi connectivity index (χ0n) is 15.5. The van der Waals surface area contributed by atoms with Gasteiger partial charge in [0.25, 0.3) is 0 Å². The maximum atomic E-state index is 12.8. The van der Waals surface area contributed by atoms with Gasteiger partial charge in [-0.05, 0) is 49.2 Å². The largest absolute Gasteiger partial charge is 0.354 e. The molecule has 0 bridgehead atoms. The Morgan fingerprint density at radius 1 is 1.24 bits per heavy atom. The lowest BCUT2D eigenvalue weighted by Crippen LogP contribution is -2.41. The monoisotopic (exact) mass is 407 g/mol. The second kappa shape index (κ2) is 8.29. The third kappa shape index (κ3) is 4.20. The maximum absolute atomic E-state index is 12.8. The molecule has 3 heterocycles. The average molecular weight is 408 g/mol. The molecule has 9 heteroatoms. The Bertz CT molecular complexity index is 1040. The van der Waals surface area contributed by atoms with Gasteiger partial charge in [0.2, 0.25) is 5.91 Å². The van der Waals surface area contributed by atoms with Crippen LogP contribution >= 0.6 is 11.6 Å². The average Bonchev–Trinajstić information content (AvgIpc) is 3.29. The van der Waals surface area contributed by atoms with Crippen molar-refractivity contribution in [3.8, 4) is 11.9 Å². The molecule has 1 atom stereocenters. The maximum Gasteiger partial charge on any atom is 0.229 e. The number of anilines is 2. The number of nitrogens with zero attached hydrogens (tertiary/aromatic N) is 6. The van der Waals surface area contributed by atoms with Crippen LogP contribution in [0.25, 0.3) is 5.82 Å². The van der Waals surface area contributed by atoms with Gasteiger partial charge in [-0.25, -0.2) is 4.68 Å². The standard InChI is InChI=1S/C20H18ClN7O/c21-16-5-4-14(12-22)17(11-16)24-20(29)15-3-1-9-27(13-15)18-6-7-19(26-25-18)28-10-2-8-23-28/h2,4-8,10-11,15H,1,3,9,13H2,(H,24,29). The van der Waals surface area contributed by atoms with Crippen molar-refractivity contribution in [2.45, 2.75) is 12.8 Å². The van der Waals surface area contributed by atoms with Gasteiger partial charge in [-0.3, -0.25) is 4.79 Å². The Balaban J connectivity index is 1.45. The normalized spacial score (nSPS) is 16.3. The smallest absolute Gasteiger partial charge is 0.229 e. The van der Waals surface area contributed by atoms with Crippen LogP contribution in [0.3, 0.4) is 0 Å². The Morgan fingerprint density at radius 3 is 2.79 bits per heavy atom. The second-order valence-electron chi connectivity index (χ2n) is 6.78. The van der Waals surface area contributed by atoms with E-state index in [0.29, 0.717) is 28.6 Å². The Hall–Kier alpha value is -3.44. The molecule has 1 unspecified atom stereocenters. The van der Waals surface area contributed by atoms with Crippen molar-refractivity contribution in [3.05, 3.63) is 59.4 Å².